The zero-order chi connectivity index (χ0) is 22.1. The molecule has 1 N–H and O–H groups in total. The van der Waals surface area contributed by atoms with Crippen molar-refractivity contribution in [2.75, 3.05) is 38.2 Å². The number of methoxy groups -OCH3 is 1. The van der Waals surface area contributed by atoms with Gasteiger partial charge >= 0.3 is 6.18 Å². The van der Waals surface area contributed by atoms with E-state index in [0.717, 1.165) is 10.4 Å². The van der Waals surface area contributed by atoms with Gasteiger partial charge in [0.05, 0.1) is 29.5 Å². The molecule has 3 rings (SSSR count). The van der Waals surface area contributed by atoms with Crippen molar-refractivity contribution in [2.24, 2.45) is 0 Å². The molecule has 0 saturated carbocycles. The topological polar surface area (TPSA) is 70.8 Å². The van der Waals surface area contributed by atoms with Crippen LogP contribution in [0.1, 0.15) is 11.4 Å². The van der Waals surface area contributed by atoms with Crippen LogP contribution >= 0.6 is 23.2 Å². The first kappa shape index (κ1) is 22.5. The van der Waals surface area contributed by atoms with E-state index in [1.165, 1.54) is 12.0 Å². The number of aliphatic hydroxyl groups is 1. The van der Waals surface area contributed by atoms with E-state index in [4.69, 9.17) is 27.9 Å². The number of hydrogen-bond donors (Lipinski definition) is 1. The van der Waals surface area contributed by atoms with Gasteiger partial charge in [-0.1, -0.05) is 23.2 Å². The second kappa shape index (κ2) is 8.91. The molecular weight excluding hydrogens is 448 g/mol. The third-order valence-corrected chi connectivity index (χ3v) is 5.54. The molecule has 0 unspecified atom stereocenters. The van der Waals surface area contributed by atoms with E-state index in [9.17, 15) is 23.1 Å². The van der Waals surface area contributed by atoms with Crippen molar-refractivity contribution >= 4 is 34.8 Å². The molecule has 0 spiro atoms. The van der Waals surface area contributed by atoms with Crippen LogP contribution in [0.2, 0.25) is 10.0 Å². The van der Waals surface area contributed by atoms with Crippen molar-refractivity contribution in [2.45, 2.75) is 19.3 Å². The lowest BCUT2D eigenvalue weighted by Crippen LogP contribution is -2.49. The summed E-state index contributed by atoms with van der Waals surface area (Å²) in [7, 11) is 1.52. The molecule has 164 valence electrons. The molecule has 0 radical (unpaired) electrons. The first-order valence-corrected chi connectivity index (χ1v) is 9.70. The molecule has 30 heavy (non-hydrogen) atoms. The second-order valence-corrected chi connectivity index (χ2v) is 7.39. The van der Waals surface area contributed by atoms with Crippen molar-refractivity contribution in [3.05, 3.63) is 39.6 Å². The van der Waals surface area contributed by atoms with Crippen LogP contribution in [0.15, 0.2) is 18.2 Å². The predicted octanol–water partition coefficient (Wildman–Crippen LogP) is 3.06. The fourth-order valence-corrected chi connectivity index (χ4v) is 3.72. The molecule has 1 amide bonds. The molecule has 2 heterocycles. The van der Waals surface area contributed by atoms with Crippen LogP contribution in [0, 0.1) is 0 Å². The van der Waals surface area contributed by atoms with Crippen LogP contribution < -0.4 is 9.64 Å². The van der Waals surface area contributed by atoms with Gasteiger partial charge in [-0.05, 0) is 12.1 Å². The van der Waals surface area contributed by atoms with Crippen molar-refractivity contribution in [1.82, 2.24) is 14.7 Å². The fourth-order valence-electron chi connectivity index (χ4n) is 3.23. The summed E-state index contributed by atoms with van der Waals surface area (Å²) in [6.45, 7) is 0.592. The van der Waals surface area contributed by atoms with Crippen molar-refractivity contribution < 1.29 is 27.8 Å². The van der Waals surface area contributed by atoms with Gasteiger partial charge in [-0.3, -0.25) is 9.48 Å². The number of alkyl halides is 3. The highest BCUT2D eigenvalue weighted by Crippen LogP contribution is 2.35. The van der Waals surface area contributed by atoms with Gasteiger partial charge in [-0.2, -0.15) is 18.3 Å². The summed E-state index contributed by atoms with van der Waals surface area (Å²) in [4.78, 5) is 16.2. The van der Waals surface area contributed by atoms with Gasteiger partial charge in [0.25, 0.3) is 0 Å². The lowest BCUT2D eigenvalue weighted by atomic mass is 10.2. The number of aromatic nitrogens is 2. The van der Waals surface area contributed by atoms with E-state index >= 15 is 0 Å². The molecule has 1 aromatic heterocycles. The summed E-state index contributed by atoms with van der Waals surface area (Å²) >= 11 is 11.7. The van der Waals surface area contributed by atoms with Crippen molar-refractivity contribution in [3.8, 4) is 5.75 Å². The summed E-state index contributed by atoms with van der Waals surface area (Å²) in [6.07, 6.45) is -4.78. The molecule has 1 aromatic carbocycles. The third kappa shape index (κ3) is 4.60. The molecule has 1 aliphatic heterocycles. The van der Waals surface area contributed by atoms with Gasteiger partial charge in [-0.15, -0.1) is 0 Å². The minimum absolute atomic E-state index is 0.246. The van der Waals surface area contributed by atoms with Crippen molar-refractivity contribution in [1.29, 1.82) is 0 Å². The van der Waals surface area contributed by atoms with Crippen LogP contribution in [0.4, 0.5) is 18.9 Å². The molecule has 0 bridgehead atoms. The number of halogens is 5. The number of hydrogen-bond acceptors (Lipinski definition) is 5. The minimum atomic E-state index is -4.78. The van der Waals surface area contributed by atoms with Crippen LogP contribution in [0.25, 0.3) is 0 Å². The van der Waals surface area contributed by atoms with E-state index in [1.54, 1.807) is 12.1 Å². The summed E-state index contributed by atoms with van der Waals surface area (Å²) in [5, 5.41) is 12.5. The summed E-state index contributed by atoms with van der Waals surface area (Å²) in [5.74, 6) is 0.131. The van der Waals surface area contributed by atoms with Crippen molar-refractivity contribution in [3.63, 3.8) is 0 Å². The van der Waals surface area contributed by atoms with Gasteiger partial charge in [0.1, 0.15) is 12.3 Å². The summed E-state index contributed by atoms with van der Waals surface area (Å²) in [5.41, 5.74) is -0.675. The molecule has 2 aromatic rings. The SMILES string of the molecule is COc1cc(N2CCN(C(=O)Cn3nc(C(F)(F)F)c(Cl)c3CO)CC2)ccc1Cl. The van der Waals surface area contributed by atoms with E-state index in [-0.39, 0.29) is 5.69 Å². The number of carbonyl (C=O) groups excluding carboxylic acids is 1. The Kier molecular flexibility index (Phi) is 6.68. The molecule has 0 atom stereocenters. The standard InChI is InChI=1S/C18H19Cl2F3N4O3/c1-30-14-8-11(2-3-12(14)19)25-4-6-26(7-5-25)15(29)9-27-13(10-28)16(20)17(24-27)18(21,22)23/h2-3,8,28H,4-7,9-10H2,1H3. The molecule has 1 fully saturated rings. The second-order valence-electron chi connectivity index (χ2n) is 6.61. The van der Waals surface area contributed by atoms with E-state index < -0.39 is 36.0 Å². The monoisotopic (exact) mass is 466 g/mol. The zero-order valence-electron chi connectivity index (χ0n) is 15.9. The quantitative estimate of drug-likeness (QED) is 0.733. The number of nitrogens with zero attached hydrogens (tertiary/aromatic N) is 4. The minimum Gasteiger partial charge on any atom is -0.495 e. The smallest absolute Gasteiger partial charge is 0.436 e. The summed E-state index contributed by atoms with van der Waals surface area (Å²) < 4.78 is 45.0. The van der Waals surface area contributed by atoms with Gasteiger partial charge in [0.2, 0.25) is 5.91 Å². The first-order chi connectivity index (χ1) is 14.2. The Morgan fingerprint density at radius 3 is 2.47 bits per heavy atom. The molecular formula is C18H19Cl2F3N4O3. The number of ether oxygens (including phenoxy) is 1. The number of carbonyl (C=O) groups is 1. The van der Waals surface area contributed by atoms with Crippen LogP contribution in [-0.4, -0.2) is 59.0 Å². The number of aliphatic hydroxyl groups excluding tert-OH is 1. The Bertz CT molecular complexity index is 928. The third-order valence-electron chi connectivity index (χ3n) is 4.83. The predicted molar refractivity (Wildman–Crippen MR) is 105 cm³/mol. The normalized spacial score (nSPS) is 14.9. The maximum atomic E-state index is 13.0. The number of rotatable bonds is 5. The van der Waals surface area contributed by atoms with E-state index in [1.807, 2.05) is 11.0 Å². The van der Waals surface area contributed by atoms with Crippen LogP contribution in [-0.2, 0) is 24.1 Å². The highest BCUT2D eigenvalue weighted by atomic mass is 35.5. The van der Waals surface area contributed by atoms with Gasteiger partial charge in [0, 0.05) is 37.9 Å². The van der Waals surface area contributed by atoms with Crippen LogP contribution in [0.3, 0.4) is 0 Å². The van der Waals surface area contributed by atoms with Gasteiger partial charge < -0.3 is 19.6 Å². The van der Waals surface area contributed by atoms with Gasteiger partial charge in [0.15, 0.2) is 5.69 Å². The molecule has 0 aliphatic carbocycles. The molecule has 12 heteroatoms. The van der Waals surface area contributed by atoms with Gasteiger partial charge in [-0.25, -0.2) is 0 Å². The zero-order valence-corrected chi connectivity index (χ0v) is 17.4. The fraction of sp³-hybridized carbons (Fsp3) is 0.444. The number of benzene rings is 1. The Hall–Kier alpha value is -2.17. The average Bonchev–Trinajstić information content (AvgIpc) is 3.03. The largest absolute Gasteiger partial charge is 0.495 e. The molecule has 1 aliphatic rings. The highest BCUT2D eigenvalue weighted by Gasteiger charge is 2.39. The number of amides is 1. The number of anilines is 1. The maximum absolute atomic E-state index is 13.0. The highest BCUT2D eigenvalue weighted by molar-refractivity contribution is 6.32. The Morgan fingerprint density at radius 1 is 1.23 bits per heavy atom. The Labute approximate surface area is 180 Å². The van der Waals surface area contributed by atoms with E-state index in [2.05, 4.69) is 5.10 Å². The lowest BCUT2D eigenvalue weighted by Gasteiger charge is -2.36. The lowest BCUT2D eigenvalue weighted by molar-refractivity contribution is -0.142. The Morgan fingerprint density at radius 2 is 1.90 bits per heavy atom. The maximum Gasteiger partial charge on any atom is 0.436 e. The first-order valence-electron chi connectivity index (χ1n) is 8.95. The molecule has 1 saturated heterocycles. The Balaban J connectivity index is 1.66. The van der Waals surface area contributed by atoms with Crippen LogP contribution in [0.5, 0.6) is 5.75 Å². The molecule has 7 nitrogen and oxygen atoms in total. The average molecular weight is 467 g/mol. The van der Waals surface area contributed by atoms with E-state index in [0.29, 0.717) is 37.0 Å². The summed E-state index contributed by atoms with van der Waals surface area (Å²) in [6, 6.07) is 5.38. The number of piperazine rings is 1.